The summed E-state index contributed by atoms with van der Waals surface area (Å²) < 4.78 is 15.8. The van der Waals surface area contributed by atoms with Gasteiger partial charge in [-0.2, -0.15) is 0 Å². The van der Waals surface area contributed by atoms with Gasteiger partial charge in [0.25, 0.3) is 0 Å². The van der Waals surface area contributed by atoms with Crippen molar-refractivity contribution in [2.24, 2.45) is 0 Å². The molecule has 5 nitrogen and oxygen atoms in total. The monoisotopic (exact) mass is 317 g/mol. The normalized spacial score (nSPS) is 12.6. The van der Waals surface area contributed by atoms with Crippen LogP contribution in [0.25, 0.3) is 6.08 Å². The van der Waals surface area contributed by atoms with Crippen molar-refractivity contribution in [3.8, 4) is 5.75 Å². The molecule has 2 aromatic rings. The van der Waals surface area contributed by atoms with Crippen LogP contribution in [0.4, 0.5) is 0 Å². The maximum Gasteiger partial charge on any atom is 0.129 e. The van der Waals surface area contributed by atoms with E-state index in [0.717, 1.165) is 17.1 Å². The van der Waals surface area contributed by atoms with E-state index in [-0.39, 0.29) is 6.61 Å². The Morgan fingerprint density at radius 3 is 2.91 bits per heavy atom. The molecule has 1 heterocycles. The minimum absolute atomic E-state index is 0.268. The highest BCUT2D eigenvalue weighted by atomic mass is 16.5. The summed E-state index contributed by atoms with van der Waals surface area (Å²) in [5.74, 6) is 1.60. The molecule has 1 aromatic heterocycles. The molecule has 0 aliphatic rings. The minimum Gasteiger partial charge on any atom is -0.496 e. The van der Waals surface area contributed by atoms with Crippen LogP contribution >= 0.6 is 0 Å². The van der Waals surface area contributed by atoms with E-state index < -0.39 is 6.10 Å². The Balaban J connectivity index is 1.60. The topological polar surface area (TPSA) is 63.9 Å². The zero-order valence-corrected chi connectivity index (χ0v) is 13.3. The van der Waals surface area contributed by atoms with Gasteiger partial charge in [0.05, 0.1) is 26.1 Å². The molecule has 0 radical (unpaired) electrons. The standard InChI is InChI=1S/C18H23NO4/c1-21-18-9-3-2-6-15(18)7-4-10-19-12-16(20)13-22-14-17-8-5-11-23-17/h2-9,11,16,19-20H,10,12-14H2,1H3. The second-order valence-corrected chi connectivity index (χ2v) is 5.05. The maximum absolute atomic E-state index is 9.81. The zero-order valence-electron chi connectivity index (χ0n) is 13.3. The summed E-state index contributed by atoms with van der Waals surface area (Å²) in [6, 6.07) is 11.5. The number of hydrogen-bond acceptors (Lipinski definition) is 5. The first kappa shape index (κ1) is 17.3. The number of rotatable bonds is 10. The SMILES string of the molecule is COc1ccccc1C=CCNCC(O)COCc1ccco1. The lowest BCUT2D eigenvalue weighted by atomic mass is 10.2. The first-order valence-corrected chi connectivity index (χ1v) is 7.58. The van der Waals surface area contributed by atoms with Crippen LogP contribution in [0.15, 0.2) is 53.2 Å². The van der Waals surface area contributed by atoms with Crippen molar-refractivity contribution in [1.29, 1.82) is 0 Å². The number of hydrogen-bond donors (Lipinski definition) is 2. The van der Waals surface area contributed by atoms with E-state index in [4.69, 9.17) is 13.9 Å². The van der Waals surface area contributed by atoms with Crippen LogP contribution in [0.3, 0.4) is 0 Å². The van der Waals surface area contributed by atoms with E-state index in [1.165, 1.54) is 0 Å². The highest BCUT2D eigenvalue weighted by Gasteiger charge is 2.04. The number of ether oxygens (including phenoxy) is 2. The van der Waals surface area contributed by atoms with Gasteiger partial charge in [-0.1, -0.05) is 30.4 Å². The summed E-state index contributed by atoms with van der Waals surface area (Å²) in [4.78, 5) is 0. The van der Waals surface area contributed by atoms with E-state index in [1.807, 2.05) is 48.6 Å². The van der Waals surface area contributed by atoms with Crippen LogP contribution in [0, 0.1) is 0 Å². The largest absolute Gasteiger partial charge is 0.496 e. The number of aliphatic hydroxyl groups is 1. The van der Waals surface area contributed by atoms with E-state index in [1.54, 1.807) is 13.4 Å². The molecule has 2 N–H and O–H groups in total. The average molecular weight is 317 g/mol. The van der Waals surface area contributed by atoms with Gasteiger partial charge in [0.2, 0.25) is 0 Å². The van der Waals surface area contributed by atoms with Crippen LogP contribution in [0.2, 0.25) is 0 Å². The Morgan fingerprint density at radius 1 is 1.26 bits per heavy atom. The Hall–Kier alpha value is -2.08. The van der Waals surface area contributed by atoms with Crippen LogP contribution in [-0.2, 0) is 11.3 Å². The number of methoxy groups -OCH3 is 1. The molecule has 23 heavy (non-hydrogen) atoms. The van der Waals surface area contributed by atoms with Crippen molar-refractivity contribution < 1.29 is 19.0 Å². The third-order valence-electron chi connectivity index (χ3n) is 3.21. The third kappa shape index (κ3) is 6.28. The van der Waals surface area contributed by atoms with Crippen molar-refractivity contribution in [2.75, 3.05) is 26.8 Å². The number of furan rings is 1. The van der Waals surface area contributed by atoms with Gasteiger partial charge in [-0.05, 0) is 18.2 Å². The molecule has 0 saturated carbocycles. The fraction of sp³-hybridized carbons (Fsp3) is 0.333. The van der Waals surface area contributed by atoms with Gasteiger partial charge in [0.1, 0.15) is 18.1 Å². The summed E-state index contributed by atoms with van der Waals surface area (Å²) in [6.07, 6.45) is 5.04. The van der Waals surface area contributed by atoms with E-state index >= 15 is 0 Å². The first-order chi connectivity index (χ1) is 11.3. The van der Waals surface area contributed by atoms with Crippen molar-refractivity contribution in [3.63, 3.8) is 0 Å². The highest BCUT2D eigenvalue weighted by Crippen LogP contribution is 2.18. The summed E-state index contributed by atoms with van der Waals surface area (Å²) in [6.45, 7) is 1.77. The van der Waals surface area contributed by atoms with E-state index in [0.29, 0.717) is 19.7 Å². The van der Waals surface area contributed by atoms with Crippen molar-refractivity contribution in [1.82, 2.24) is 5.32 Å². The van der Waals surface area contributed by atoms with Crippen molar-refractivity contribution >= 4 is 6.08 Å². The summed E-state index contributed by atoms with van der Waals surface area (Å²) >= 11 is 0. The Kier molecular flexibility index (Phi) is 7.39. The summed E-state index contributed by atoms with van der Waals surface area (Å²) in [5.41, 5.74) is 1.03. The van der Waals surface area contributed by atoms with Gasteiger partial charge in [-0.15, -0.1) is 0 Å². The van der Waals surface area contributed by atoms with Crippen LogP contribution in [0.1, 0.15) is 11.3 Å². The third-order valence-corrected chi connectivity index (χ3v) is 3.21. The molecule has 1 unspecified atom stereocenters. The smallest absolute Gasteiger partial charge is 0.129 e. The molecule has 5 heteroatoms. The summed E-state index contributed by atoms with van der Waals surface area (Å²) in [7, 11) is 1.66. The van der Waals surface area contributed by atoms with Gasteiger partial charge >= 0.3 is 0 Å². The average Bonchev–Trinajstić information content (AvgIpc) is 3.08. The number of benzene rings is 1. The molecule has 0 spiro atoms. The molecular formula is C18H23NO4. The molecule has 1 atom stereocenters. The molecule has 124 valence electrons. The first-order valence-electron chi connectivity index (χ1n) is 7.58. The molecular weight excluding hydrogens is 294 g/mol. The zero-order chi connectivity index (χ0) is 16.3. The predicted octanol–water partition coefficient (Wildman–Crippen LogP) is 2.47. The van der Waals surface area contributed by atoms with Gasteiger partial charge in [-0.3, -0.25) is 0 Å². The second-order valence-electron chi connectivity index (χ2n) is 5.05. The lowest BCUT2D eigenvalue weighted by Crippen LogP contribution is -2.30. The molecule has 0 aliphatic heterocycles. The van der Waals surface area contributed by atoms with Gasteiger partial charge in [0, 0.05) is 18.7 Å². The minimum atomic E-state index is -0.551. The van der Waals surface area contributed by atoms with Gasteiger partial charge < -0.3 is 24.3 Å². The Bertz CT molecular complexity index is 580. The van der Waals surface area contributed by atoms with Crippen molar-refractivity contribution in [3.05, 3.63) is 60.1 Å². The van der Waals surface area contributed by atoms with E-state index in [9.17, 15) is 5.11 Å². The molecule has 1 aromatic carbocycles. The molecule has 0 bridgehead atoms. The molecule has 2 rings (SSSR count). The van der Waals surface area contributed by atoms with Gasteiger partial charge in [0.15, 0.2) is 0 Å². The molecule has 0 aliphatic carbocycles. The second kappa shape index (κ2) is 9.84. The van der Waals surface area contributed by atoms with Crippen LogP contribution in [0.5, 0.6) is 5.75 Å². The molecule has 0 fully saturated rings. The fourth-order valence-electron chi connectivity index (χ4n) is 2.07. The lowest BCUT2D eigenvalue weighted by Gasteiger charge is -2.11. The summed E-state index contributed by atoms with van der Waals surface area (Å²) in [5, 5.41) is 13.0. The molecule has 0 amide bonds. The number of aliphatic hydroxyl groups excluding tert-OH is 1. The van der Waals surface area contributed by atoms with E-state index in [2.05, 4.69) is 5.32 Å². The molecule has 0 saturated heterocycles. The quantitative estimate of drug-likeness (QED) is 0.659. The van der Waals surface area contributed by atoms with Gasteiger partial charge in [-0.25, -0.2) is 0 Å². The highest BCUT2D eigenvalue weighted by molar-refractivity contribution is 5.57. The Labute approximate surface area is 136 Å². The van der Waals surface area contributed by atoms with Crippen molar-refractivity contribution in [2.45, 2.75) is 12.7 Å². The Morgan fingerprint density at radius 2 is 2.13 bits per heavy atom. The van der Waals surface area contributed by atoms with Crippen LogP contribution in [-0.4, -0.2) is 38.0 Å². The van der Waals surface area contributed by atoms with Crippen LogP contribution < -0.4 is 10.1 Å². The predicted molar refractivity (Wildman–Crippen MR) is 89.3 cm³/mol. The maximum atomic E-state index is 9.81. The fourth-order valence-corrected chi connectivity index (χ4v) is 2.07. The number of nitrogens with one attached hydrogen (secondary N) is 1. The number of para-hydroxylation sites is 1. The lowest BCUT2D eigenvalue weighted by molar-refractivity contribution is 0.0231.